The molecule has 2 heterocycles. The van der Waals surface area contributed by atoms with Crippen LogP contribution in [0.4, 0.5) is 0 Å². The number of imidazole rings is 1. The SMILES string of the molecule is Cc1cccc2c1C(c1cnc[nH]1)CCO2. The maximum atomic E-state index is 5.70. The van der Waals surface area contributed by atoms with Gasteiger partial charge in [0, 0.05) is 23.4 Å². The van der Waals surface area contributed by atoms with E-state index >= 15 is 0 Å². The first-order chi connectivity index (χ1) is 7.86. The van der Waals surface area contributed by atoms with E-state index in [4.69, 9.17) is 4.74 Å². The Kier molecular flexibility index (Phi) is 2.17. The lowest BCUT2D eigenvalue weighted by atomic mass is 9.87. The minimum atomic E-state index is 0.396. The van der Waals surface area contributed by atoms with E-state index in [0.29, 0.717) is 5.92 Å². The number of H-pyrrole nitrogens is 1. The summed E-state index contributed by atoms with van der Waals surface area (Å²) in [5.41, 5.74) is 3.77. The molecule has 0 fully saturated rings. The van der Waals surface area contributed by atoms with E-state index in [1.807, 2.05) is 18.3 Å². The Morgan fingerprint density at radius 1 is 1.44 bits per heavy atom. The lowest BCUT2D eigenvalue weighted by molar-refractivity contribution is 0.275. The molecule has 0 radical (unpaired) electrons. The van der Waals surface area contributed by atoms with E-state index in [-0.39, 0.29) is 0 Å². The minimum Gasteiger partial charge on any atom is -0.493 e. The van der Waals surface area contributed by atoms with Crippen LogP contribution in [0.15, 0.2) is 30.7 Å². The van der Waals surface area contributed by atoms with E-state index in [1.54, 1.807) is 6.33 Å². The van der Waals surface area contributed by atoms with Gasteiger partial charge in [-0.3, -0.25) is 0 Å². The number of rotatable bonds is 1. The number of nitrogens with zero attached hydrogens (tertiary/aromatic N) is 1. The third-order valence-electron chi connectivity index (χ3n) is 3.19. The summed E-state index contributed by atoms with van der Waals surface area (Å²) in [7, 11) is 0. The number of aryl methyl sites for hydroxylation is 1. The number of benzene rings is 1. The first-order valence-corrected chi connectivity index (χ1v) is 5.57. The molecule has 82 valence electrons. The first-order valence-electron chi connectivity index (χ1n) is 5.57. The Balaban J connectivity index is 2.12. The molecular formula is C13H14N2O. The van der Waals surface area contributed by atoms with Crippen LogP contribution < -0.4 is 4.74 Å². The minimum absolute atomic E-state index is 0.396. The average molecular weight is 214 g/mol. The summed E-state index contributed by atoms with van der Waals surface area (Å²) < 4.78 is 5.70. The smallest absolute Gasteiger partial charge is 0.123 e. The largest absolute Gasteiger partial charge is 0.493 e. The van der Waals surface area contributed by atoms with Crippen molar-refractivity contribution >= 4 is 0 Å². The zero-order chi connectivity index (χ0) is 11.0. The lowest BCUT2D eigenvalue weighted by Crippen LogP contribution is -2.16. The van der Waals surface area contributed by atoms with Gasteiger partial charge in [0.05, 0.1) is 12.9 Å². The second-order valence-corrected chi connectivity index (χ2v) is 4.18. The Morgan fingerprint density at radius 2 is 2.38 bits per heavy atom. The molecular weight excluding hydrogens is 200 g/mol. The van der Waals surface area contributed by atoms with Crippen molar-refractivity contribution in [1.29, 1.82) is 0 Å². The highest BCUT2D eigenvalue weighted by Gasteiger charge is 2.25. The number of ether oxygens (including phenoxy) is 1. The average Bonchev–Trinajstić information content (AvgIpc) is 2.82. The number of aromatic nitrogens is 2. The van der Waals surface area contributed by atoms with E-state index in [1.165, 1.54) is 16.8 Å². The Labute approximate surface area is 94.5 Å². The molecule has 0 aliphatic carbocycles. The molecule has 1 N–H and O–H groups in total. The van der Waals surface area contributed by atoms with Gasteiger partial charge in [-0.15, -0.1) is 0 Å². The summed E-state index contributed by atoms with van der Waals surface area (Å²) in [6.45, 7) is 2.91. The molecule has 0 amide bonds. The number of fused-ring (bicyclic) bond motifs is 1. The third kappa shape index (κ3) is 1.40. The Bertz CT molecular complexity index is 491. The van der Waals surface area contributed by atoms with Crippen molar-refractivity contribution < 1.29 is 4.74 Å². The van der Waals surface area contributed by atoms with Crippen LogP contribution in [0.1, 0.15) is 29.2 Å². The molecule has 2 aromatic rings. The molecule has 16 heavy (non-hydrogen) atoms. The van der Waals surface area contributed by atoms with Crippen LogP contribution >= 0.6 is 0 Å². The third-order valence-corrected chi connectivity index (χ3v) is 3.19. The second kappa shape index (κ2) is 3.67. The summed E-state index contributed by atoms with van der Waals surface area (Å²) in [4.78, 5) is 7.31. The van der Waals surface area contributed by atoms with Gasteiger partial charge in [-0.05, 0) is 25.0 Å². The molecule has 0 bridgehead atoms. The molecule has 1 aromatic heterocycles. The molecule has 0 saturated heterocycles. The predicted molar refractivity (Wildman–Crippen MR) is 61.7 cm³/mol. The fraction of sp³-hybridized carbons (Fsp3) is 0.308. The van der Waals surface area contributed by atoms with Gasteiger partial charge in [-0.1, -0.05) is 12.1 Å². The second-order valence-electron chi connectivity index (χ2n) is 4.18. The molecule has 1 unspecified atom stereocenters. The van der Waals surface area contributed by atoms with E-state index in [2.05, 4.69) is 23.0 Å². The van der Waals surface area contributed by atoms with Crippen molar-refractivity contribution in [3.63, 3.8) is 0 Å². The maximum absolute atomic E-state index is 5.70. The highest BCUT2D eigenvalue weighted by Crippen LogP contribution is 2.38. The topological polar surface area (TPSA) is 37.9 Å². The zero-order valence-corrected chi connectivity index (χ0v) is 9.23. The van der Waals surface area contributed by atoms with Crippen molar-refractivity contribution in [1.82, 2.24) is 9.97 Å². The Hall–Kier alpha value is -1.77. The molecule has 1 aromatic carbocycles. The van der Waals surface area contributed by atoms with Crippen molar-refractivity contribution in [3.05, 3.63) is 47.5 Å². The van der Waals surface area contributed by atoms with Gasteiger partial charge in [0.2, 0.25) is 0 Å². The van der Waals surface area contributed by atoms with Crippen molar-refractivity contribution in [2.75, 3.05) is 6.61 Å². The molecule has 1 aliphatic heterocycles. The van der Waals surface area contributed by atoms with Crippen LogP contribution in [0.5, 0.6) is 5.75 Å². The predicted octanol–water partition coefficient (Wildman–Crippen LogP) is 2.63. The molecule has 1 atom stereocenters. The number of hydrogen-bond donors (Lipinski definition) is 1. The van der Waals surface area contributed by atoms with Gasteiger partial charge in [0.15, 0.2) is 0 Å². The number of aromatic amines is 1. The van der Waals surface area contributed by atoms with Crippen molar-refractivity contribution in [2.45, 2.75) is 19.3 Å². The molecule has 0 saturated carbocycles. The number of nitrogens with one attached hydrogen (secondary N) is 1. The fourth-order valence-electron chi connectivity index (χ4n) is 2.43. The van der Waals surface area contributed by atoms with Crippen LogP contribution in [-0.4, -0.2) is 16.6 Å². The maximum Gasteiger partial charge on any atom is 0.123 e. The molecule has 3 nitrogen and oxygen atoms in total. The summed E-state index contributed by atoms with van der Waals surface area (Å²) in [6, 6.07) is 6.23. The van der Waals surface area contributed by atoms with Crippen LogP contribution in [-0.2, 0) is 0 Å². The lowest BCUT2D eigenvalue weighted by Gasteiger charge is -2.26. The quantitative estimate of drug-likeness (QED) is 0.792. The monoisotopic (exact) mass is 214 g/mol. The van der Waals surface area contributed by atoms with Gasteiger partial charge in [0.25, 0.3) is 0 Å². The first kappa shape index (κ1) is 9.46. The zero-order valence-electron chi connectivity index (χ0n) is 9.23. The normalized spacial score (nSPS) is 18.9. The summed E-state index contributed by atoms with van der Waals surface area (Å²) >= 11 is 0. The van der Waals surface area contributed by atoms with E-state index in [0.717, 1.165) is 18.8 Å². The van der Waals surface area contributed by atoms with Gasteiger partial charge >= 0.3 is 0 Å². The fourth-order valence-corrected chi connectivity index (χ4v) is 2.43. The van der Waals surface area contributed by atoms with Crippen molar-refractivity contribution in [2.24, 2.45) is 0 Å². The highest BCUT2D eigenvalue weighted by molar-refractivity contribution is 5.46. The summed E-state index contributed by atoms with van der Waals surface area (Å²) in [5, 5.41) is 0. The van der Waals surface area contributed by atoms with Gasteiger partial charge in [-0.25, -0.2) is 4.98 Å². The molecule has 1 aliphatic rings. The molecule has 3 heteroatoms. The van der Waals surface area contributed by atoms with Gasteiger partial charge in [0.1, 0.15) is 5.75 Å². The summed E-state index contributed by atoms with van der Waals surface area (Å²) in [5.74, 6) is 1.42. The standard InChI is InChI=1S/C13H14N2O/c1-9-3-2-4-12-13(9)10(5-6-16-12)11-7-14-8-15-11/h2-4,7-8,10H,5-6H2,1H3,(H,14,15). The molecule has 3 rings (SSSR count). The van der Waals surface area contributed by atoms with Crippen LogP contribution in [0.25, 0.3) is 0 Å². The molecule has 0 spiro atoms. The van der Waals surface area contributed by atoms with Crippen molar-refractivity contribution in [3.8, 4) is 5.75 Å². The highest BCUT2D eigenvalue weighted by atomic mass is 16.5. The van der Waals surface area contributed by atoms with Gasteiger partial charge < -0.3 is 9.72 Å². The van der Waals surface area contributed by atoms with E-state index in [9.17, 15) is 0 Å². The van der Waals surface area contributed by atoms with E-state index < -0.39 is 0 Å². The summed E-state index contributed by atoms with van der Waals surface area (Å²) in [6.07, 6.45) is 4.66. The van der Waals surface area contributed by atoms with Crippen LogP contribution in [0.3, 0.4) is 0 Å². The number of hydrogen-bond acceptors (Lipinski definition) is 2. The Morgan fingerprint density at radius 3 is 3.19 bits per heavy atom. The van der Waals surface area contributed by atoms with Crippen LogP contribution in [0.2, 0.25) is 0 Å². The van der Waals surface area contributed by atoms with Gasteiger partial charge in [-0.2, -0.15) is 0 Å². The van der Waals surface area contributed by atoms with Crippen LogP contribution in [0, 0.1) is 6.92 Å².